The van der Waals surface area contributed by atoms with Gasteiger partial charge in [-0.3, -0.25) is 0 Å². The normalized spacial score (nSPS) is 10.7. The SMILES string of the molecule is CCO[As](OCC)c1ccccc1. The molecule has 13 heavy (non-hydrogen) atoms. The zero-order valence-electron chi connectivity index (χ0n) is 8.06. The van der Waals surface area contributed by atoms with Crippen LogP contribution in [0.25, 0.3) is 0 Å². The van der Waals surface area contributed by atoms with Gasteiger partial charge in [0.2, 0.25) is 0 Å². The average Bonchev–Trinajstić information content (AvgIpc) is 2.19. The Morgan fingerprint density at radius 1 is 1.00 bits per heavy atom. The van der Waals surface area contributed by atoms with Crippen LogP contribution in [-0.4, -0.2) is 28.5 Å². The van der Waals surface area contributed by atoms with Crippen molar-refractivity contribution in [2.24, 2.45) is 0 Å². The third-order valence-electron chi connectivity index (χ3n) is 1.46. The molecule has 0 aliphatic carbocycles. The molecule has 0 N–H and O–H groups in total. The van der Waals surface area contributed by atoms with E-state index in [9.17, 15) is 0 Å². The summed E-state index contributed by atoms with van der Waals surface area (Å²) in [6.45, 7) is 5.47. The van der Waals surface area contributed by atoms with E-state index in [4.69, 9.17) is 7.45 Å². The van der Waals surface area contributed by atoms with Gasteiger partial charge in [-0.25, -0.2) is 0 Å². The molecule has 0 aliphatic heterocycles. The summed E-state index contributed by atoms with van der Waals surface area (Å²) in [7, 11) is 0. The second kappa shape index (κ2) is 6.20. The molecule has 1 rings (SSSR count). The van der Waals surface area contributed by atoms with Crippen LogP contribution in [0.3, 0.4) is 0 Å². The molecule has 0 heterocycles. The van der Waals surface area contributed by atoms with Crippen LogP contribution in [0, 0.1) is 0 Å². The zero-order valence-corrected chi connectivity index (χ0v) is 9.94. The van der Waals surface area contributed by atoms with Gasteiger partial charge < -0.3 is 0 Å². The van der Waals surface area contributed by atoms with E-state index in [0.29, 0.717) is 0 Å². The molecule has 0 aliphatic rings. The maximum atomic E-state index is 5.59. The van der Waals surface area contributed by atoms with Crippen molar-refractivity contribution in [3.63, 3.8) is 0 Å². The molecule has 0 saturated heterocycles. The van der Waals surface area contributed by atoms with Gasteiger partial charge in [0, 0.05) is 0 Å². The summed E-state index contributed by atoms with van der Waals surface area (Å²) < 4.78 is 12.4. The molecule has 72 valence electrons. The Labute approximate surface area is 84.8 Å². The first-order valence-corrected chi connectivity index (χ1v) is 6.96. The Balaban J connectivity index is 2.64. The average molecular weight is 242 g/mol. The van der Waals surface area contributed by atoms with Crippen LogP contribution < -0.4 is 4.35 Å². The fourth-order valence-electron chi connectivity index (χ4n) is 0.971. The molecule has 0 atom stereocenters. The summed E-state index contributed by atoms with van der Waals surface area (Å²) in [6, 6.07) is 10.2. The Bertz CT molecular complexity index is 220. The van der Waals surface area contributed by atoms with Gasteiger partial charge in [0.25, 0.3) is 0 Å². The second-order valence-electron chi connectivity index (χ2n) is 2.43. The first kappa shape index (κ1) is 10.8. The third kappa shape index (κ3) is 3.51. The Kier molecular flexibility index (Phi) is 5.14. The van der Waals surface area contributed by atoms with Crippen LogP contribution in [0.2, 0.25) is 0 Å². The summed E-state index contributed by atoms with van der Waals surface area (Å²) >= 11 is -1.66. The van der Waals surface area contributed by atoms with Gasteiger partial charge in [0.1, 0.15) is 0 Å². The van der Waals surface area contributed by atoms with E-state index < -0.39 is 15.3 Å². The van der Waals surface area contributed by atoms with Crippen molar-refractivity contribution in [3.8, 4) is 0 Å². The molecule has 3 heteroatoms. The Morgan fingerprint density at radius 2 is 1.54 bits per heavy atom. The van der Waals surface area contributed by atoms with Crippen molar-refractivity contribution in [1.82, 2.24) is 0 Å². The van der Waals surface area contributed by atoms with Gasteiger partial charge in [0.15, 0.2) is 0 Å². The minimum atomic E-state index is -1.66. The fourth-order valence-corrected chi connectivity index (χ4v) is 3.61. The zero-order chi connectivity index (χ0) is 9.52. The van der Waals surface area contributed by atoms with Gasteiger partial charge in [-0.1, -0.05) is 0 Å². The van der Waals surface area contributed by atoms with Crippen molar-refractivity contribution in [2.75, 3.05) is 13.2 Å². The molecular weight excluding hydrogens is 227 g/mol. The van der Waals surface area contributed by atoms with Crippen LogP contribution in [0.4, 0.5) is 0 Å². The Hall–Kier alpha value is -0.302. The maximum absolute atomic E-state index is 5.59. The van der Waals surface area contributed by atoms with E-state index in [2.05, 4.69) is 12.1 Å². The van der Waals surface area contributed by atoms with Crippen molar-refractivity contribution in [3.05, 3.63) is 30.3 Å². The molecule has 1 aromatic rings. The fraction of sp³-hybridized carbons (Fsp3) is 0.400. The van der Waals surface area contributed by atoms with Gasteiger partial charge in [-0.05, 0) is 0 Å². The molecule has 0 fully saturated rings. The van der Waals surface area contributed by atoms with Crippen molar-refractivity contribution >= 4 is 19.7 Å². The molecule has 0 unspecified atom stereocenters. The van der Waals surface area contributed by atoms with Gasteiger partial charge in [0.05, 0.1) is 0 Å². The summed E-state index contributed by atoms with van der Waals surface area (Å²) in [5.74, 6) is 0. The minimum absolute atomic E-state index is 0.731. The first-order chi connectivity index (χ1) is 6.38. The van der Waals surface area contributed by atoms with Crippen molar-refractivity contribution in [2.45, 2.75) is 13.8 Å². The molecule has 2 nitrogen and oxygen atoms in total. The molecule has 0 aromatic heterocycles. The van der Waals surface area contributed by atoms with Crippen molar-refractivity contribution in [1.29, 1.82) is 0 Å². The van der Waals surface area contributed by atoms with Gasteiger partial charge in [-0.15, -0.1) is 0 Å². The van der Waals surface area contributed by atoms with E-state index in [1.807, 2.05) is 32.0 Å². The number of benzene rings is 1. The standard InChI is InChI=1S/C10H15AsO2/c1-3-12-11(13-4-2)10-8-6-5-7-9-10/h5-9H,3-4H2,1-2H3. The van der Waals surface area contributed by atoms with E-state index in [0.717, 1.165) is 13.2 Å². The predicted octanol–water partition coefficient (Wildman–Crippen LogP) is 1.45. The summed E-state index contributed by atoms with van der Waals surface area (Å²) in [5.41, 5.74) is 0. The van der Waals surface area contributed by atoms with Gasteiger partial charge >= 0.3 is 84.5 Å². The van der Waals surface area contributed by atoms with E-state index in [-0.39, 0.29) is 0 Å². The van der Waals surface area contributed by atoms with Crippen LogP contribution in [0.15, 0.2) is 30.3 Å². The topological polar surface area (TPSA) is 18.5 Å². The van der Waals surface area contributed by atoms with Crippen LogP contribution in [0.5, 0.6) is 0 Å². The number of rotatable bonds is 5. The summed E-state index contributed by atoms with van der Waals surface area (Å²) in [6.07, 6.45) is 0. The molecular formula is C10H15AsO2. The van der Waals surface area contributed by atoms with Gasteiger partial charge in [-0.2, -0.15) is 0 Å². The van der Waals surface area contributed by atoms with Crippen LogP contribution >= 0.6 is 0 Å². The number of hydrogen-bond acceptors (Lipinski definition) is 2. The number of hydrogen-bond donors (Lipinski definition) is 0. The van der Waals surface area contributed by atoms with Crippen LogP contribution in [0.1, 0.15) is 13.8 Å². The molecule has 1 aromatic carbocycles. The molecule has 0 amide bonds. The first-order valence-electron chi connectivity index (χ1n) is 4.49. The van der Waals surface area contributed by atoms with E-state index >= 15 is 0 Å². The quantitative estimate of drug-likeness (QED) is 0.728. The summed E-state index contributed by atoms with van der Waals surface area (Å²) in [5, 5.41) is 0. The van der Waals surface area contributed by atoms with E-state index in [1.54, 1.807) is 0 Å². The Morgan fingerprint density at radius 3 is 2.00 bits per heavy atom. The predicted molar refractivity (Wildman–Crippen MR) is 55.1 cm³/mol. The summed E-state index contributed by atoms with van der Waals surface area (Å²) in [4.78, 5) is 0. The van der Waals surface area contributed by atoms with Crippen LogP contribution in [-0.2, 0) is 7.45 Å². The second-order valence-corrected chi connectivity index (χ2v) is 5.67. The van der Waals surface area contributed by atoms with E-state index in [1.165, 1.54) is 4.35 Å². The molecule has 0 saturated carbocycles. The molecule has 0 bridgehead atoms. The van der Waals surface area contributed by atoms with Crippen molar-refractivity contribution < 1.29 is 7.45 Å². The monoisotopic (exact) mass is 242 g/mol. The third-order valence-corrected chi connectivity index (χ3v) is 5.04. The molecule has 0 radical (unpaired) electrons. The molecule has 0 spiro atoms.